The van der Waals surface area contributed by atoms with Gasteiger partial charge in [0.2, 0.25) is 0 Å². The van der Waals surface area contributed by atoms with Gasteiger partial charge in [-0.1, -0.05) is 12.1 Å². The highest BCUT2D eigenvalue weighted by molar-refractivity contribution is 5.32. The lowest BCUT2D eigenvalue weighted by Crippen LogP contribution is -2.05. The van der Waals surface area contributed by atoms with Crippen LogP contribution in [0.2, 0.25) is 0 Å². The van der Waals surface area contributed by atoms with Crippen LogP contribution in [-0.4, -0.2) is 21.0 Å². The number of aliphatic hydroxyl groups excluding tert-OH is 1. The number of nitrogens with zero attached hydrogens (tertiary/aromatic N) is 2. The van der Waals surface area contributed by atoms with E-state index in [1.54, 1.807) is 10.9 Å². The summed E-state index contributed by atoms with van der Waals surface area (Å²) in [4.78, 5) is 0. The zero-order valence-corrected chi connectivity index (χ0v) is 10.9. The number of ether oxygens (including phenoxy) is 1. The van der Waals surface area contributed by atoms with Crippen molar-refractivity contribution >= 4 is 0 Å². The van der Waals surface area contributed by atoms with Crippen molar-refractivity contribution in [2.45, 2.75) is 26.1 Å². The second-order valence-corrected chi connectivity index (χ2v) is 4.59. The maximum atomic E-state index is 10.2. The number of benzene rings is 1. The van der Waals surface area contributed by atoms with Crippen molar-refractivity contribution in [3.63, 3.8) is 0 Å². The number of hydrogen-bond acceptors (Lipinski definition) is 3. The van der Waals surface area contributed by atoms with E-state index in [0.717, 1.165) is 16.9 Å². The minimum Gasteiger partial charge on any atom is -0.491 e. The summed E-state index contributed by atoms with van der Waals surface area (Å²) in [6, 6.07) is 7.48. The molecule has 0 radical (unpaired) electrons. The van der Waals surface area contributed by atoms with Gasteiger partial charge in [0.25, 0.3) is 0 Å². The van der Waals surface area contributed by atoms with Gasteiger partial charge in [-0.2, -0.15) is 5.10 Å². The van der Waals surface area contributed by atoms with Gasteiger partial charge in [0.15, 0.2) is 0 Å². The van der Waals surface area contributed by atoms with Crippen LogP contribution < -0.4 is 4.74 Å². The highest BCUT2D eigenvalue weighted by atomic mass is 16.5. The van der Waals surface area contributed by atoms with E-state index in [1.165, 1.54) is 0 Å². The van der Waals surface area contributed by atoms with Crippen LogP contribution in [0.25, 0.3) is 0 Å². The van der Waals surface area contributed by atoms with Crippen LogP contribution in [-0.2, 0) is 7.05 Å². The van der Waals surface area contributed by atoms with E-state index in [1.807, 2.05) is 51.4 Å². The number of aromatic nitrogens is 2. The van der Waals surface area contributed by atoms with E-state index in [9.17, 15) is 5.11 Å². The van der Waals surface area contributed by atoms with Gasteiger partial charge in [-0.15, -0.1) is 0 Å². The molecule has 0 aliphatic heterocycles. The Bertz CT molecular complexity index is 503. The first-order valence-electron chi connectivity index (χ1n) is 5.99. The number of aryl methyl sites for hydroxylation is 1. The predicted octanol–water partition coefficient (Wildman–Crippen LogP) is 2.29. The molecular formula is C14H18N2O2. The van der Waals surface area contributed by atoms with E-state index in [2.05, 4.69) is 5.10 Å². The summed E-state index contributed by atoms with van der Waals surface area (Å²) in [5.41, 5.74) is 1.62. The first-order valence-corrected chi connectivity index (χ1v) is 5.99. The second kappa shape index (κ2) is 5.23. The van der Waals surface area contributed by atoms with Crippen molar-refractivity contribution in [2.24, 2.45) is 7.05 Å². The van der Waals surface area contributed by atoms with Crippen molar-refractivity contribution < 1.29 is 9.84 Å². The summed E-state index contributed by atoms with van der Waals surface area (Å²) in [6.07, 6.45) is 2.98. The minimum absolute atomic E-state index is 0.152. The van der Waals surface area contributed by atoms with Gasteiger partial charge >= 0.3 is 0 Å². The molecule has 0 spiro atoms. The molecule has 1 aromatic heterocycles. The molecule has 0 saturated carbocycles. The number of rotatable bonds is 4. The lowest BCUT2D eigenvalue weighted by molar-refractivity contribution is 0.219. The zero-order valence-electron chi connectivity index (χ0n) is 10.9. The maximum Gasteiger partial charge on any atom is 0.119 e. The summed E-state index contributed by atoms with van der Waals surface area (Å²) in [7, 11) is 1.83. The Morgan fingerprint density at radius 2 is 1.83 bits per heavy atom. The molecule has 1 N–H and O–H groups in total. The lowest BCUT2D eigenvalue weighted by Gasteiger charge is -2.12. The average molecular weight is 246 g/mol. The van der Waals surface area contributed by atoms with E-state index >= 15 is 0 Å². The number of aliphatic hydroxyl groups is 1. The molecule has 4 nitrogen and oxygen atoms in total. The van der Waals surface area contributed by atoms with Crippen LogP contribution in [0.3, 0.4) is 0 Å². The van der Waals surface area contributed by atoms with Crippen molar-refractivity contribution in [1.82, 2.24) is 9.78 Å². The third-order valence-corrected chi connectivity index (χ3v) is 2.61. The van der Waals surface area contributed by atoms with Gasteiger partial charge in [0.05, 0.1) is 12.3 Å². The monoisotopic (exact) mass is 246 g/mol. The molecule has 1 aromatic carbocycles. The molecule has 18 heavy (non-hydrogen) atoms. The molecule has 1 heterocycles. The third-order valence-electron chi connectivity index (χ3n) is 2.61. The Morgan fingerprint density at radius 3 is 2.33 bits per heavy atom. The largest absolute Gasteiger partial charge is 0.491 e. The Hall–Kier alpha value is -1.81. The molecule has 0 saturated heterocycles. The predicted molar refractivity (Wildman–Crippen MR) is 69.5 cm³/mol. The molecule has 2 aromatic rings. The van der Waals surface area contributed by atoms with Crippen LogP contribution in [0.5, 0.6) is 5.75 Å². The van der Waals surface area contributed by atoms with Gasteiger partial charge in [-0.05, 0) is 31.5 Å². The van der Waals surface area contributed by atoms with Crippen LogP contribution >= 0.6 is 0 Å². The Morgan fingerprint density at radius 1 is 1.17 bits per heavy atom. The summed E-state index contributed by atoms with van der Waals surface area (Å²) in [5.74, 6) is 0.812. The van der Waals surface area contributed by atoms with Crippen molar-refractivity contribution in [3.8, 4) is 5.75 Å². The van der Waals surface area contributed by atoms with Crippen molar-refractivity contribution in [1.29, 1.82) is 0 Å². The summed E-state index contributed by atoms with van der Waals surface area (Å²) < 4.78 is 7.24. The molecular weight excluding hydrogens is 228 g/mol. The van der Waals surface area contributed by atoms with Crippen LogP contribution in [0, 0.1) is 0 Å². The molecule has 0 bridgehead atoms. The molecule has 0 aliphatic carbocycles. The Balaban J connectivity index is 2.14. The van der Waals surface area contributed by atoms with Gasteiger partial charge < -0.3 is 9.84 Å². The first-order chi connectivity index (χ1) is 8.56. The molecule has 0 amide bonds. The topological polar surface area (TPSA) is 47.3 Å². The fourth-order valence-corrected chi connectivity index (χ4v) is 1.77. The summed E-state index contributed by atoms with van der Waals surface area (Å²) in [5, 5.41) is 14.2. The van der Waals surface area contributed by atoms with Gasteiger partial charge in [0, 0.05) is 18.8 Å². The lowest BCUT2D eigenvalue weighted by atomic mass is 10.0. The summed E-state index contributed by atoms with van der Waals surface area (Å²) in [6.45, 7) is 3.97. The molecule has 96 valence electrons. The smallest absolute Gasteiger partial charge is 0.119 e. The summed E-state index contributed by atoms with van der Waals surface area (Å²) >= 11 is 0. The van der Waals surface area contributed by atoms with Crippen molar-refractivity contribution in [2.75, 3.05) is 0 Å². The standard InChI is InChI=1S/C14H18N2O2/c1-10(2)18-13-6-4-11(5-7-13)14(17)12-8-15-16(3)9-12/h4-10,14,17H,1-3H3. The molecule has 4 heteroatoms. The second-order valence-electron chi connectivity index (χ2n) is 4.59. The van der Waals surface area contributed by atoms with E-state index in [0.29, 0.717) is 0 Å². The highest BCUT2D eigenvalue weighted by Gasteiger charge is 2.12. The van der Waals surface area contributed by atoms with Gasteiger partial charge in [-0.3, -0.25) is 4.68 Å². The minimum atomic E-state index is -0.646. The molecule has 0 fully saturated rings. The molecule has 0 aliphatic rings. The molecule has 2 rings (SSSR count). The quantitative estimate of drug-likeness (QED) is 0.900. The fourth-order valence-electron chi connectivity index (χ4n) is 1.77. The zero-order chi connectivity index (χ0) is 13.1. The van der Waals surface area contributed by atoms with Gasteiger partial charge in [0.1, 0.15) is 11.9 Å². The van der Waals surface area contributed by atoms with Crippen molar-refractivity contribution in [3.05, 3.63) is 47.8 Å². The third kappa shape index (κ3) is 2.90. The normalized spacial score (nSPS) is 12.7. The van der Waals surface area contributed by atoms with E-state index in [4.69, 9.17) is 4.74 Å². The van der Waals surface area contributed by atoms with Gasteiger partial charge in [-0.25, -0.2) is 0 Å². The SMILES string of the molecule is CC(C)Oc1ccc(C(O)c2cnn(C)c2)cc1. The average Bonchev–Trinajstić information content (AvgIpc) is 2.75. The van der Waals surface area contributed by atoms with Crippen LogP contribution in [0.15, 0.2) is 36.7 Å². The first kappa shape index (κ1) is 12.6. The Kier molecular flexibility index (Phi) is 3.67. The Labute approximate surface area is 107 Å². The number of hydrogen-bond donors (Lipinski definition) is 1. The highest BCUT2D eigenvalue weighted by Crippen LogP contribution is 2.23. The fraction of sp³-hybridized carbons (Fsp3) is 0.357. The molecule has 1 atom stereocenters. The molecule has 1 unspecified atom stereocenters. The maximum absolute atomic E-state index is 10.2. The van der Waals surface area contributed by atoms with E-state index in [-0.39, 0.29) is 6.10 Å². The van der Waals surface area contributed by atoms with E-state index < -0.39 is 6.10 Å². The van der Waals surface area contributed by atoms with Crippen LogP contribution in [0.1, 0.15) is 31.1 Å². The van der Waals surface area contributed by atoms with Crippen LogP contribution in [0.4, 0.5) is 0 Å².